The topological polar surface area (TPSA) is 3.24 Å². The average Bonchev–Trinajstić information content (AvgIpc) is 2.32. The minimum Gasteiger partial charge on any atom is -0.369 e. The van der Waals surface area contributed by atoms with E-state index in [1.807, 2.05) is 0 Å². The zero-order chi connectivity index (χ0) is 17.3. The minimum atomic E-state index is 0.154. The first-order valence-electron chi connectivity index (χ1n) is 8.38. The summed E-state index contributed by atoms with van der Waals surface area (Å²) in [5.74, 6) is 0. The molecular weight excluding hydrogens is 268 g/mol. The Morgan fingerprint density at radius 3 is 1.86 bits per heavy atom. The highest BCUT2D eigenvalue weighted by molar-refractivity contribution is 5.58. The number of hydrogen-bond donors (Lipinski definition) is 0. The van der Waals surface area contributed by atoms with Gasteiger partial charge in [0.2, 0.25) is 0 Å². The highest BCUT2D eigenvalue weighted by Gasteiger charge is 2.24. The second-order valence-electron chi connectivity index (χ2n) is 9.67. The normalized spacial score (nSPS) is 13.4. The van der Waals surface area contributed by atoms with Crippen LogP contribution >= 0.6 is 0 Å². The maximum absolute atomic E-state index is 2.41. The zero-order valence-corrected chi connectivity index (χ0v) is 16.5. The molecule has 0 aliphatic heterocycles. The number of benzene rings is 1. The third-order valence-electron chi connectivity index (χ3n) is 4.19. The van der Waals surface area contributed by atoms with Crippen LogP contribution in [0.15, 0.2) is 18.2 Å². The molecule has 1 rings (SSSR count). The highest BCUT2D eigenvalue weighted by atomic mass is 15.3. The summed E-state index contributed by atoms with van der Waals surface area (Å²) in [7, 11) is 8.97. The summed E-state index contributed by atoms with van der Waals surface area (Å²) in [6, 6.07) is 7.03. The summed E-state index contributed by atoms with van der Waals surface area (Å²) >= 11 is 0. The summed E-state index contributed by atoms with van der Waals surface area (Å²) in [5, 5.41) is 0. The number of likely N-dealkylation sites (N-methyl/N-ethyl adjacent to an activating group) is 2. The molecule has 0 amide bonds. The van der Waals surface area contributed by atoms with Gasteiger partial charge in [-0.1, -0.05) is 53.7 Å². The van der Waals surface area contributed by atoms with Crippen molar-refractivity contribution in [2.75, 3.05) is 46.2 Å². The SMILES string of the molecule is CN(CC[N+](C)(C)C)c1ccc(C(C)(C)C)cc1C(C)(C)C. The van der Waals surface area contributed by atoms with Crippen molar-refractivity contribution in [2.24, 2.45) is 0 Å². The van der Waals surface area contributed by atoms with Crippen molar-refractivity contribution in [1.29, 1.82) is 0 Å². The van der Waals surface area contributed by atoms with Gasteiger partial charge in [0, 0.05) is 12.7 Å². The van der Waals surface area contributed by atoms with Crippen molar-refractivity contribution in [3.05, 3.63) is 29.3 Å². The maximum Gasteiger partial charge on any atom is 0.0958 e. The molecule has 2 heteroatoms. The fourth-order valence-electron chi connectivity index (χ4n) is 2.51. The molecular formula is C20H37N2+. The van der Waals surface area contributed by atoms with E-state index in [-0.39, 0.29) is 10.8 Å². The molecule has 0 saturated carbocycles. The molecule has 0 bridgehead atoms. The van der Waals surface area contributed by atoms with Crippen molar-refractivity contribution >= 4 is 5.69 Å². The van der Waals surface area contributed by atoms with Crippen molar-refractivity contribution < 1.29 is 4.48 Å². The Hall–Kier alpha value is -1.02. The van der Waals surface area contributed by atoms with Gasteiger partial charge in [0.05, 0.1) is 34.2 Å². The van der Waals surface area contributed by atoms with E-state index in [9.17, 15) is 0 Å². The molecule has 22 heavy (non-hydrogen) atoms. The molecule has 0 fully saturated rings. The number of hydrogen-bond acceptors (Lipinski definition) is 1. The highest BCUT2D eigenvalue weighted by Crippen LogP contribution is 2.35. The lowest BCUT2D eigenvalue weighted by molar-refractivity contribution is -0.868. The maximum atomic E-state index is 2.41. The summed E-state index contributed by atoms with van der Waals surface area (Å²) in [5.41, 5.74) is 4.58. The van der Waals surface area contributed by atoms with Crippen LogP contribution < -0.4 is 4.90 Å². The quantitative estimate of drug-likeness (QED) is 0.744. The Balaban J connectivity index is 3.19. The molecule has 0 radical (unpaired) electrons. The first kappa shape index (κ1) is 19.0. The van der Waals surface area contributed by atoms with Gasteiger partial charge in [-0.15, -0.1) is 0 Å². The second kappa shape index (κ2) is 6.23. The van der Waals surface area contributed by atoms with E-state index >= 15 is 0 Å². The molecule has 126 valence electrons. The molecule has 0 aromatic heterocycles. The van der Waals surface area contributed by atoms with Crippen molar-refractivity contribution in [2.45, 2.75) is 52.4 Å². The molecule has 0 saturated heterocycles. The minimum absolute atomic E-state index is 0.154. The summed E-state index contributed by atoms with van der Waals surface area (Å²) in [6.45, 7) is 16.0. The average molecular weight is 306 g/mol. The predicted octanol–water partition coefficient (Wildman–Crippen LogP) is 4.42. The Kier molecular flexibility index (Phi) is 5.39. The van der Waals surface area contributed by atoms with E-state index in [0.29, 0.717) is 0 Å². The van der Waals surface area contributed by atoms with Crippen LogP contribution in [-0.4, -0.2) is 45.8 Å². The van der Waals surface area contributed by atoms with Gasteiger partial charge >= 0.3 is 0 Å². The molecule has 0 aliphatic carbocycles. The largest absolute Gasteiger partial charge is 0.369 e. The molecule has 0 unspecified atom stereocenters. The van der Waals surface area contributed by atoms with Crippen LogP contribution in [0.2, 0.25) is 0 Å². The third kappa shape index (κ3) is 5.31. The van der Waals surface area contributed by atoms with E-state index in [0.717, 1.165) is 17.6 Å². The van der Waals surface area contributed by atoms with E-state index in [4.69, 9.17) is 0 Å². The number of anilines is 1. The van der Waals surface area contributed by atoms with E-state index in [1.165, 1.54) is 16.8 Å². The van der Waals surface area contributed by atoms with Crippen LogP contribution in [0.4, 0.5) is 5.69 Å². The Morgan fingerprint density at radius 2 is 1.45 bits per heavy atom. The summed E-state index contributed by atoms with van der Waals surface area (Å²) < 4.78 is 0.995. The van der Waals surface area contributed by atoms with Gasteiger partial charge in [0.1, 0.15) is 0 Å². The lowest BCUT2D eigenvalue weighted by Gasteiger charge is -2.33. The molecule has 2 nitrogen and oxygen atoms in total. The predicted molar refractivity (Wildman–Crippen MR) is 100 cm³/mol. The van der Waals surface area contributed by atoms with Gasteiger partial charge in [0.15, 0.2) is 0 Å². The summed E-state index contributed by atoms with van der Waals surface area (Å²) in [4.78, 5) is 2.41. The van der Waals surface area contributed by atoms with Crippen LogP contribution in [0.3, 0.4) is 0 Å². The van der Waals surface area contributed by atoms with Crippen LogP contribution in [0.5, 0.6) is 0 Å². The number of rotatable bonds is 4. The molecule has 0 atom stereocenters. The van der Waals surface area contributed by atoms with Gasteiger partial charge in [-0.05, 0) is 28.0 Å². The fraction of sp³-hybridized carbons (Fsp3) is 0.700. The second-order valence-corrected chi connectivity index (χ2v) is 9.67. The molecule has 1 aromatic carbocycles. The van der Waals surface area contributed by atoms with Gasteiger partial charge in [-0.3, -0.25) is 0 Å². The Labute approximate surface area is 138 Å². The smallest absolute Gasteiger partial charge is 0.0958 e. The standard InChI is InChI=1S/C20H37N2/c1-19(2,3)16-11-12-18(17(15-16)20(4,5)6)21(7)13-14-22(8,9)10/h11-12,15H,13-14H2,1-10H3/q+1. The van der Waals surface area contributed by atoms with Gasteiger partial charge in [-0.2, -0.15) is 0 Å². The van der Waals surface area contributed by atoms with Crippen molar-refractivity contribution in [1.82, 2.24) is 0 Å². The van der Waals surface area contributed by atoms with Gasteiger partial charge in [-0.25, -0.2) is 0 Å². The van der Waals surface area contributed by atoms with Crippen LogP contribution in [0.1, 0.15) is 52.7 Å². The lowest BCUT2D eigenvalue weighted by Crippen LogP contribution is -2.41. The zero-order valence-electron chi connectivity index (χ0n) is 16.5. The monoisotopic (exact) mass is 305 g/mol. The van der Waals surface area contributed by atoms with Crippen molar-refractivity contribution in [3.63, 3.8) is 0 Å². The number of quaternary nitrogens is 1. The Morgan fingerprint density at radius 1 is 0.909 bits per heavy atom. The van der Waals surface area contributed by atoms with Crippen LogP contribution in [0, 0.1) is 0 Å². The van der Waals surface area contributed by atoms with E-state index in [1.54, 1.807) is 0 Å². The fourth-order valence-corrected chi connectivity index (χ4v) is 2.51. The summed E-state index contributed by atoms with van der Waals surface area (Å²) in [6.07, 6.45) is 0. The van der Waals surface area contributed by atoms with Crippen LogP contribution in [0.25, 0.3) is 0 Å². The Bertz CT molecular complexity index is 496. The molecule has 0 N–H and O–H groups in total. The van der Waals surface area contributed by atoms with E-state index < -0.39 is 0 Å². The first-order chi connectivity index (χ1) is 9.72. The third-order valence-corrected chi connectivity index (χ3v) is 4.19. The van der Waals surface area contributed by atoms with Gasteiger partial charge in [0.25, 0.3) is 0 Å². The first-order valence-corrected chi connectivity index (χ1v) is 8.38. The molecule has 0 heterocycles. The van der Waals surface area contributed by atoms with Gasteiger partial charge < -0.3 is 9.38 Å². The van der Waals surface area contributed by atoms with E-state index in [2.05, 4.69) is 92.8 Å². The number of nitrogens with zero attached hydrogens (tertiary/aromatic N) is 2. The molecule has 0 aliphatic rings. The van der Waals surface area contributed by atoms with Crippen molar-refractivity contribution in [3.8, 4) is 0 Å². The lowest BCUT2D eigenvalue weighted by atomic mass is 9.79. The van der Waals surface area contributed by atoms with Crippen LogP contribution in [-0.2, 0) is 10.8 Å². The molecule has 0 spiro atoms. The molecule has 1 aromatic rings.